The van der Waals surface area contributed by atoms with Gasteiger partial charge in [0.25, 0.3) is 0 Å². The lowest BCUT2D eigenvalue weighted by Crippen LogP contribution is -2.24. The number of ether oxygens (including phenoxy) is 1. The van der Waals surface area contributed by atoms with Gasteiger partial charge in [-0.25, -0.2) is 4.98 Å². The number of carbonyl (C=O) groups is 1. The second-order valence-electron chi connectivity index (χ2n) is 6.42. The molecule has 6 nitrogen and oxygen atoms in total. The summed E-state index contributed by atoms with van der Waals surface area (Å²) in [6, 6.07) is 7.40. The molecule has 1 N–H and O–H groups in total. The van der Waals surface area contributed by atoms with E-state index in [9.17, 15) is 4.79 Å². The number of benzene rings is 1. The van der Waals surface area contributed by atoms with Gasteiger partial charge >= 0.3 is 0 Å². The molecule has 0 saturated carbocycles. The Kier molecular flexibility index (Phi) is 6.31. The molecule has 0 aliphatic carbocycles. The van der Waals surface area contributed by atoms with Crippen molar-refractivity contribution in [2.75, 3.05) is 7.11 Å². The highest BCUT2D eigenvalue weighted by molar-refractivity contribution is 6.33. The summed E-state index contributed by atoms with van der Waals surface area (Å²) in [5, 5.41) is 3.48. The van der Waals surface area contributed by atoms with E-state index in [-0.39, 0.29) is 12.3 Å². The van der Waals surface area contributed by atoms with Gasteiger partial charge in [0.1, 0.15) is 5.75 Å². The van der Waals surface area contributed by atoms with Gasteiger partial charge in [-0.1, -0.05) is 23.7 Å². The maximum absolute atomic E-state index is 12.2. The number of nitrogens with one attached hydrogen (secondary N) is 1. The minimum absolute atomic E-state index is 0.0989. The SMILES string of the molecule is COc1c(C)cnc(CNC(=O)CCc2ncc(-c3ccccc3Cl)o2)c1C. The van der Waals surface area contributed by atoms with Gasteiger partial charge in [0, 0.05) is 35.7 Å². The van der Waals surface area contributed by atoms with E-state index in [0.717, 1.165) is 28.1 Å². The van der Waals surface area contributed by atoms with Crippen LogP contribution in [0.1, 0.15) is 29.1 Å². The van der Waals surface area contributed by atoms with Crippen molar-refractivity contribution >= 4 is 17.5 Å². The number of nitrogens with zero attached hydrogens (tertiary/aromatic N) is 2. The van der Waals surface area contributed by atoms with Gasteiger partial charge in [0.2, 0.25) is 5.91 Å². The molecule has 7 heteroatoms. The highest BCUT2D eigenvalue weighted by atomic mass is 35.5. The van der Waals surface area contributed by atoms with Crippen LogP contribution in [0.3, 0.4) is 0 Å². The van der Waals surface area contributed by atoms with E-state index in [1.165, 1.54) is 0 Å². The number of rotatable bonds is 7. The third-order valence-electron chi connectivity index (χ3n) is 4.46. The van der Waals surface area contributed by atoms with E-state index in [4.69, 9.17) is 20.8 Å². The van der Waals surface area contributed by atoms with Crippen LogP contribution in [0, 0.1) is 13.8 Å². The molecule has 3 rings (SSSR count). The molecule has 0 bridgehead atoms. The van der Waals surface area contributed by atoms with Crippen LogP contribution >= 0.6 is 11.6 Å². The fraction of sp³-hybridized carbons (Fsp3) is 0.286. The van der Waals surface area contributed by atoms with Gasteiger partial charge in [-0.15, -0.1) is 0 Å². The predicted octanol–water partition coefficient (Wildman–Crippen LogP) is 4.26. The molecule has 28 heavy (non-hydrogen) atoms. The molecule has 2 aromatic heterocycles. The monoisotopic (exact) mass is 399 g/mol. The van der Waals surface area contributed by atoms with Gasteiger partial charge in [0.05, 0.1) is 30.6 Å². The number of methoxy groups -OCH3 is 1. The normalized spacial score (nSPS) is 10.7. The second kappa shape index (κ2) is 8.89. The average molecular weight is 400 g/mol. The third-order valence-corrected chi connectivity index (χ3v) is 4.79. The Morgan fingerprint density at radius 3 is 2.75 bits per heavy atom. The fourth-order valence-corrected chi connectivity index (χ4v) is 3.18. The van der Waals surface area contributed by atoms with Crippen LogP contribution < -0.4 is 10.1 Å². The molecule has 2 heterocycles. The summed E-state index contributed by atoms with van der Waals surface area (Å²) in [7, 11) is 1.63. The average Bonchev–Trinajstić information content (AvgIpc) is 3.15. The van der Waals surface area contributed by atoms with Crippen molar-refractivity contribution in [3.8, 4) is 17.1 Å². The second-order valence-corrected chi connectivity index (χ2v) is 6.83. The fourth-order valence-electron chi connectivity index (χ4n) is 2.95. The topological polar surface area (TPSA) is 77.2 Å². The smallest absolute Gasteiger partial charge is 0.220 e. The van der Waals surface area contributed by atoms with Gasteiger partial charge in [-0.2, -0.15) is 0 Å². The summed E-state index contributed by atoms with van der Waals surface area (Å²) in [4.78, 5) is 20.8. The van der Waals surface area contributed by atoms with Crippen molar-refractivity contribution < 1.29 is 13.9 Å². The molecule has 0 atom stereocenters. The number of amides is 1. The highest BCUT2D eigenvalue weighted by Gasteiger charge is 2.13. The molecule has 0 radical (unpaired) electrons. The zero-order valence-corrected chi connectivity index (χ0v) is 16.8. The van der Waals surface area contributed by atoms with Gasteiger partial charge in [-0.3, -0.25) is 9.78 Å². The van der Waals surface area contributed by atoms with Gasteiger partial charge < -0.3 is 14.5 Å². The highest BCUT2D eigenvalue weighted by Crippen LogP contribution is 2.28. The Morgan fingerprint density at radius 1 is 1.21 bits per heavy atom. The largest absolute Gasteiger partial charge is 0.496 e. The zero-order chi connectivity index (χ0) is 20.1. The van der Waals surface area contributed by atoms with Crippen LogP contribution in [0.4, 0.5) is 0 Å². The van der Waals surface area contributed by atoms with E-state index in [0.29, 0.717) is 29.6 Å². The maximum Gasteiger partial charge on any atom is 0.220 e. The number of oxazole rings is 1. The first-order chi connectivity index (χ1) is 13.5. The lowest BCUT2D eigenvalue weighted by Gasteiger charge is -2.12. The Hall–Kier alpha value is -2.86. The molecule has 1 aromatic carbocycles. The van der Waals surface area contributed by atoms with E-state index >= 15 is 0 Å². The minimum Gasteiger partial charge on any atom is -0.496 e. The molecule has 0 spiro atoms. The number of aryl methyl sites for hydroxylation is 2. The van der Waals surface area contributed by atoms with Crippen molar-refractivity contribution in [1.82, 2.24) is 15.3 Å². The number of carbonyl (C=O) groups excluding carboxylic acids is 1. The maximum atomic E-state index is 12.2. The minimum atomic E-state index is -0.0989. The molecular formula is C21H22ClN3O3. The number of aromatic nitrogens is 2. The number of pyridine rings is 1. The van der Waals surface area contributed by atoms with Crippen LogP contribution in [0.15, 0.2) is 41.1 Å². The summed E-state index contributed by atoms with van der Waals surface area (Å²) in [5.41, 5.74) is 3.46. The lowest BCUT2D eigenvalue weighted by molar-refractivity contribution is -0.121. The van der Waals surface area contributed by atoms with Crippen molar-refractivity contribution in [2.24, 2.45) is 0 Å². The summed E-state index contributed by atoms with van der Waals surface area (Å²) in [5.74, 6) is 1.79. The summed E-state index contributed by atoms with van der Waals surface area (Å²) in [6.07, 6.45) is 4.04. The first-order valence-electron chi connectivity index (χ1n) is 8.95. The lowest BCUT2D eigenvalue weighted by atomic mass is 10.1. The van der Waals surface area contributed by atoms with Crippen LogP contribution in [-0.2, 0) is 17.8 Å². The molecule has 3 aromatic rings. The van der Waals surface area contributed by atoms with Gasteiger partial charge in [-0.05, 0) is 26.0 Å². The van der Waals surface area contributed by atoms with Crippen LogP contribution in [0.5, 0.6) is 5.75 Å². The van der Waals surface area contributed by atoms with Crippen molar-refractivity contribution in [1.29, 1.82) is 0 Å². The Morgan fingerprint density at radius 2 is 2.00 bits per heavy atom. The Balaban J connectivity index is 1.55. The predicted molar refractivity (Wildman–Crippen MR) is 107 cm³/mol. The zero-order valence-electron chi connectivity index (χ0n) is 16.1. The first kappa shape index (κ1) is 19.9. The molecule has 1 amide bonds. The van der Waals surface area contributed by atoms with E-state index < -0.39 is 0 Å². The van der Waals surface area contributed by atoms with Crippen LogP contribution in [-0.4, -0.2) is 23.0 Å². The van der Waals surface area contributed by atoms with Gasteiger partial charge in [0.15, 0.2) is 11.7 Å². The molecule has 0 aliphatic rings. The quantitative estimate of drug-likeness (QED) is 0.642. The van der Waals surface area contributed by atoms with E-state index in [1.807, 2.05) is 32.0 Å². The molecule has 0 fully saturated rings. The molecular weight excluding hydrogens is 378 g/mol. The van der Waals surface area contributed by atoms with Crippen molar-refractivity contribution in [2.45, 2.75) is 33.2 Å². The summed E-state index contributed by atoms with van der Waals surface area (Å²) in [6.45, 7) is 4.22. The van der Waals surface area contributed by atoms with Crippen molar-refractivity contribution in [3.63, 3.8) is 0 Å². The molecule has 0 aliphatic heterocycles. The van der Waals surface area contributed by atoms with E-state index in [2.05, 4.69) is 15.3 Å². The van der Waals surface area contributed by atoms with Crippen LogP contribution in [0.25, 0.3) is 11.3 Å². The first-order valence-corrected chi connectivity index (χ1v) is 9.32. The number of halogens is 1. The molecule has 0 saturated heterocycles. The Bertz CT molecular complexity index is 985. The van der Waals surface area contributed by atoms with Crippen LogP contribution in [0.2, 0.25) is 5.02 Å². The standard InChI is InChI=1S/C21H22ClN3O3/c1-13-10-23-17(14(2)21(13)27-3)11-24-19(26)8-9-20-25-12-18(28-20)15-6-4-5-7-16(15)22/h4-7,10,12H,8-9,11H2,1-3H3,(H,24,26). The number of hydrogen-bond acceptors (Lipinski definition) is 5. The summed E-state index contributed by atoms with van der Waals surface area (Å²) < 4.78 is 11.1. The van der Waals surface area contributed by atoms with Crippen molar-refractivity contribution in [3.05, 3.63) is 64.4 Å². The van der Waals surface area contributed by atoms with E-state index in [1.54, 1.807) is 25.6 Å². The molecule has 0 unspecified atom stereocenters. The summed E-state index contributed by atoms with van der Waals surface area (Å²) >= 11 is 6.17. The molecule has 146 valence electrons. The number of hydrogen-bond donors (Lipinski definition) is 1. The third kappa shape index (κ3) is 4.51. The Labute approximate surface area is 168 Å².